The molecule has 1 aliphatic rings. The molecule has 8 heteroatoms. The van der Waals surface area contributed by atoms with E-state index < -0.39 is 0 Å². The zero-order valence-electron chi connectivity index (χ0n) is 16.5. The Kier molecular flexibility index (Phi) is 5.26. The lowest BCUT2D eigenvalue weighted by molar-refractivity contribution is -0.135. The van der Waals surface area contributed by atoms with Crippen molar-refractivity contribution >= 4 is 28.4 Å². The molecule has 0 atom stereocenters. The molecule has 1 fully saturated rings. The van der Waals surface area contributed by atoms with Crippen molar-refractivity contribution in [3.8, 4) is 0 Å². The van der Waals surface area contributed by atoms with Crippen molar-refractivity contribution in [1.82, 2.24) is 19.4 Å². The first kappa shape index (κ1) is 19.1. The fraction of sp³-hybridized carbons (Fsp3) is 0.333. The van der Waals surface area contributed by atoms with E-state index in [1.165, 1.54) is 0 Å². The van der Waals surface area contributed by atoms with Crippen LogP contribution in [0.1, 0.15) is 21.9 Å². The number of hydrogen-bond acceptors (Lipinski definition) is 5. The van der Waals surface area contributed by atoms with Crippen molar-refractivity contribution in [2.45, 2.75) is 20.4 Å². The van der Waals surface area contributed by atoms with Crippen molar-refractivity contribution in [3.63, 3.8) is 0 Å². The van der Waals surface area contributed by atoms with Gasteiger partial charge >= 0.3 is 0 Å². The van der Waals surface area contributed by atoms with E-state index in [1.54, 1.807) is 20.0 Å². The van der Waals surface area contributed by atoms with Crippen molar-refractivity contribution < 1.29 is 14.3 Å². The maximum Gasteiger partial charge on any atom is 0.259 e. The van der Waals surface area contributed by atoms with E-state index in [2.05, 4.69) is 15.3 Å². The van der Waals surface area contributed by atoms with Crippen LogP contribution in [0.2, 0.25) is 0 Å². The number of carbonyl (C=O) groups is 2. The number of hydrogen-bond donors (Lipinski definition) is 1. The average Bonchev–Trinajstić information content (AvgIpc) is 3.10. The lowest BCUT2D eigenvalue weighted by Crippen LogP contribution is -2.42. The molecular formula is C21H23N5O3. The highest BCUT2D eigenvalue weighted by atomic mass is 16.5. The normalized spacial score (nSPS) is 14.2. The van der Waals surface area contributed by atoms with Crippen molar-refractivity contribution in [3.05, 3.63) is 53.7 Å². The van der Waals surface area contributed by atoms with Crippen LogP contribution in [-0.4, -0.2) is 57.6 Å². The zero-order valence-corrected chi connectivity index (χ0v) is 16.5. The molecule has 4 rings (SSSR count). The number of anilines is 1. The second kappa shape index (κ2) is 8.00. The molecule has 1 aromatic carbocycles. The minimum absolute atomic E-state index is 0.0815. The van der Waals surface area contributed by atoms with E-state index in [4.69, 9.17) is 4.74 Å². The first-order valence-electron chi connectivity index (χ1n) is 9.57. The number of ether oxygens (including phenoxy) is 1. The average molecular weight is 393 g/mol. The van der Waals surface area contributed by atoms with Gasteiger partial charge in [0.15, 0.2) is 0 Å². The summed E-state index contributed by atoms with van der Waals surface area (Å²) in [6.45, 7) is 6.32. The monoisotopic (exact) mass is 393 g/mol. The maximum atomic E-state index is 12.6. The molecule has 1 saturated heterocycles. The summed E-state index contributed by atoms with van der Waals surface area (Å²) in [5, 5.41) is 3.85. The molecule has 0 saturated carbocycles. The topological polar surface area (TPSA) is 89.4 Å². The second-order valence-electron chi connectivity index (χ2n) is 7.08. The minimum atomic E-state index is -0.247. The first-order chi connectivity index (χ1) is 14.0. The number of amides is 2. The molecule has 0 spiro atoms. The molecule has 2 aromatic heterocycles. The van der Waals surface area contributed by atoms with Gasteiger partial charge in [-0.25, -0.2) is 9.97 Å². The Labute approximate surface area is 168 Å². The lowest BCUT2D eigenvalue weighted by Gasteiger charge is -2.27. The summed E-state index contributed by atoms with van der Waals surface area (Å²) in [6.07, 6.45) is 3.44. The zero-order chi connectivity index (χ0) is 20.4. The maximum absolute atomic E-state index is 12.6. The number of carbonyl (C=O) groups excluding carboxylic acids is 2. The van der Waals surface area contributed by atoms with Gasteiger partial charge in [0.2, 0.25) is 5.91 Å². The van der Waals surface area contributed by atoms with Gasteiger partial charge in [-0.05, 0) is 38.1 Å². The van der Waals surface area contributed by atoms with Crippen molar-refractivity contribution in [2.24, 2.45) is 0 Å². The molecule has 150 valence electrons. The molecule has 3 heterocycles. The van der Waals surface area contributed by atoms with E-state index in [-0.39, 0.29) is 18.4 Å². The highest BCUT2D eigenvalue weighted by Crippen LogP contribution is 2.21. The third kappa shape index (κ3) is 4.12. The Bertz CT molecular complexity index is 1070. The van der Waals surface area contributed by atoms with Gasteiger partial charge in [-0.3, -0.25) is 9.59 Å². The van der Waals surface area contributed by atoms with Gasteiger partial charge in [0.1, 0.15) is 12.4 Å². The van der Waals surface area contributed by atoms with E-state index in [0.717, 1.165) is 10.9 Å². The number of benzene rings is 1. The smallest absolute Gasteiger partial charge is 0.259 e. The molecule has 0 radical (unpaired) electrons. The van der Waals surface area contributed by atoms with E-state index in [9.17, 15) is 9.59 Å². The summed E-state index contributed by atoms with van der Waals surface area (Å²) < 4.78 is 7.23. The van der Waals surface area contributed by atoms with Crippen LogP contribution < -0.4 is 5.32 Å². The number of nitrogens with one attached hydrogen (secondary N) is 1. The Morgan fingerprint density at radius 2 is 1.97 bits per heavy atom. The molecule has 29 heavy (non-hydrogen) atoms. The summed E-state index contributed by atoms with van der Waals surface area (Å²) >= 11 is 0. The minimum Gasteiger partial charge on any atom is -0.378 e. The number of aryl methyl sites for hydroxylation is 2. The third-order valence-electron chi connectivity index (χ3n) is 5.04. The highest BCUT2D eigenvalue weighted by molar-refractivity contribution is 6.05. The molecular weight excluding hydrogens is 370 g/mol. The van der Waals surface area contributed by atoms with E-state index >= 15 is 0 Å². The standard InChI is InChI=1S/C21H23N5O3/c1-14-18(12-22-15(2)23-14)21(28)24-17-3-4-19-16(11-17)5-6-26(19)13-20(27)25-7-9-29-10-8-25/h3-6,11-12H,7-10,13H2,1-2H3,(H,24,28). The van der Waals surface area contributed by atoms with Crippen LogP contribution in [0.4, 0.5) is 5.69 Å². The Hall–Kier alpha value is -3.26. The van der Waals surface area contributed by atoms with Crippen molar-refractivity contribution in [2.75, 3.05) is 31.6 Å². The second-order valence-corrected chi connectivity index (χ2v) is 7.08. The van der Waals surface area contributed by atoms with Gasteiger partial charge in [0, 0.05) is 42.1 Å². The van der Waals surface area contributed by atoms with Crippen LogP contribution in [-0.2, 0) is 16.1 Å². The van der Waals surface area contributed by atoms with Crippen LogP contribution >= 0.6 is 0 Å². The van der Waals surface area contributed by atoms with E-state index in [0.29, 0.717) is 49.1 Å². The van der Waals surface area contributed by atoms with Crippen LogP contribution in [0.3, 0.4) is 0 Å². The van der Waals surface area contributed by atoms with Gasteiger partial charge in [-0.1, -0.05) is 0 Å². The molecule has 3 aromatic rings. The van der Waals surface area contributed by atoms with Gasteiger partial charge in [0.25, 0.3) is 5.91 Å². The van der Waals surface area contributed by atoms with Crippen LogP contribution in [0, 0.1) is 13.8 Å². The molecule has 2 amide bonds. The van der Waals surface area contributed by atoms with Gasteiger partial charge in [-0.15, -0.1) is 0 Å². The number of aromatic nitrogens is 3. The Morgan fingerprint density at radius 3 is 2.72 bits per heavy atom. The fourth-order valence-corrected chi connectivity index (χ4v) is 3.48. The SMILES string of the molecule is Cc1ncc(C(=O)Nc2ccc3c(ccn3CC(=O)N3CCOCC3)c2)c(C)n1. The van der Waals surface area contributed by atoms with Crippen LogP contribution in [0.15, 0.2) is 36.7 Å². The largest absolute Gasteiger partial charge is 0.378 e. The number of fused-ring (bicyclic) bond motifs is 1. The van der Waals surface area contributed by atoms with Crippen LogP contribution in [0.25, 0.3) is 10.9 Å². The Balaban J connectivity index is 1.49. The molecule has 1 N–H and O–H groups in total. The fourth-order valence-electron chi connectivity index (χ4n) is 3.48. The summed E-state index contributed by atoms with van der Waals surface area (Å²) in [5.41, 5.74) is 2.72. The predicted octanol–water partition coefficient (Wildman–Crippen LogP) is 2.16. The third-order valence-corrected chi connectivity index (χ3v) is 5.04. The van der Waals surface area contributed by atoms with E-state index in [1.807, 2.05) is 39.9 Å². The molecule has 8 nitrogen and oxygen atoms in total. The van der Waals surface area contributed by atoms with Crippen molar-refractivity contribution in [1.29, 1.82) is 0 Å². The van der Waals surface area contributed by atoms with Gasteiger partial charge in [0.05, 0.1) is 24.5 Å². The van der Waals surface area contributed by atoms with Crippen LogP contribution in [0.5, 0.6) is 0 Å². The highest BCUT2D eigenvalue weighted by Gasteiger charge is 2.18. The summed E-state index contributed by atoms with van der Waals surface area (Å²) in [7, 11) is 0. The number of morpholine rings is 1. The van der Waals surface area contributed by atoms with Gasteiger partial charge < -0.3 is 19.5 Å². The summed E-state index contributed by atoms with van der Waals surface area (Å²) in [4.78, 5) is 35.2. The lowest BCUT2D eigenvalue weighted by atomic mass is 10.2. The molecule has 0 bridgehead atoms. The number of nitrogens with zero attached hydrogens (tertiary/aromatic N) is 4. The summed E-state index contributed by atoms with van der Waals surface area (Å²) in [6, 6.07) is 7.58. The van der Waals surface area contributed by atoms with Gasteiger partial charge in [-0.2, -0.15) is 0 Å². The predicted molar refractivity (Wildman–Crippen MR) is 109 cm³/mol. The first-order valence-corrected chi connectivity index (χ1v) is 9.57. The number of rotatable bonds is 4. The quantitative estimate of drug-likeness (QED) is 0.734. The molecule has 0 unspecified atom stereocenters. The molecule has 1 aliphatic heterocycles. The Morgan fingerprint density at radius 1 is 1.17 bits per heavy atom. The molecule has 0 aliphatic carbocycles. The summed E-state index contributed by atoms with van der Waals surface area (Å²) in [5.74, 6) is 0.468.